The van der Waals surface area contributed by atoms with E-state index in [9.17, 15) is 14.9 Å². The molecule has 104 valence electrons. The van der Waals surface area contributed by atoms with Crippen LogP contribution in [-0.2, 0) is 4.79 Å². The Morgan fingerprint density at radius 2 is 2.16 bits per heavy atom. The van der Waals surface area contributed by atoms with Crippen molar-refractivity contribution < 1.29 is 9.72 Å². The van der Waals surface area contributed by atoms with Crippen LogP contribution < -0.4 is 10.6 Å². The Labute approximate surface area is 119 Å². The maximum Gasteiger partial charge on any atom is 0.274 e. The van der Waals surface area contributed by atoms with Crippen molar-refractivity contribution in [3.8, 4) is 0 Å². The topological polar surface area (TPSA) is 84.3 Å². The summed E-state index contributed by atoms with van der Waals surface area (Å²) in [5.74, 6) is -0.158. The van der Waals surface area contributed by atoms with E-state index >= 15 is 0 Å². The highest BCUT2D eigenvalue weighted by Gasteiger charge is 2.15. The number of nitrogens with zero attached hydrogens (tertiary/aromatic N) is 1. The molecule has 0 heterocycles. The number of nitrogens with one attached hydrogen (secondary N) is 2. The van der Waals surface area contributed by atoms with Crippen molar-refractivity contribution in [2.45, 2.75) is 19.8 Å². The fourth-order valence-electron chi connectivity index (χ4n) is 1.59. The number of anilines is 1. The number of benzene rings is 1. The SMILES string of the molecule is CNCCCC(=O)Nc1cc([N+](=O)[O-])c(C)cc1Br. The summed E-state index contributed by atoms with van der Waals surface area (Å²) in [6.45, 7) is 2.41. The maximum atomic E-state index is 11.7. The van der Waals surface area contributed by atoms with Gasteiger partial charge in [-0.2, -0.15) is 0 Å². The van der Waals surface area contributed by atoms with Crippen molar-refractivity contribution in [3.05, 3.63) is 32.3 Å². The van der Waals surface area contributed by atoms with Crippen molar-refractivity contribution in [1.29, 1.82) is 0 Å². The highest BCUT2D eigenvalue weighted by atomic mass is 79.9. The van der Waals surface area contributed by atoms with Crippen molar-refractivity contribution in [2.24, 2.45) is 0 Å². The molecule has 6 nitrogen and oxygen atoms in total. The molecule has 7 heteroatoms. The molecule has 0 saturated heterocycles. The van der Waals surface area contributed by atoms with E-state index in [1.165, 1.54) is 6.07 Å². The summed E-state index contributed by atoms with van der Waals surface area (Å²) in [5, 5.41) is 16.5. The van der Waals surface area contributed by atoms with Gasteiger partial charge < -0.3 is 10.6 Å². The van der Waals surface area contributed by atoms with Gasteiger partial charge in [0.25, 0.3) is 5.69 Å². The van der Waals surface area contributed by atoms with Gasteiger partial charge in [-0.15, -0.1) is 0 Å². The van der Waals surface area contributed by atoms with E-state index in [0.29, 0.717) is 28.6 Å². The molecule has 1 aromatic carbocycles. The van der Waals surface area contributed by atoms with Gasteiger partial charge in [0.2, 0.25) is 5.91 Å². The van der Waals surface area contributed by atoms with Gasteiger partial charge in [-0.1, -0.05) is 0 Å². The van der Waals surface area contributed by atoms with Crippen LogP contribution in [0.4, 0.5) is 11.4 Å². The minimum atomic E-state index is -0.460. The third-order valence-corrected chi connectivity index (χ3v) is 3.24. The molecular formula is C12H16BrN3O3. The highest BCUT2D eigenvalue weighted by Crippen LogP contribution is 2.30. The molecule has 19 heavy (non-hydrogen) atoms. The molecule has 0 fully saturated rings. The lowest BCUT2D eigenvalue weighted by atomic mass is 10.2. The van der Waals surface area contributed by atoms with Gasteiger partial charge in [0, 0.05) is 22.5 Å². The second-order valence-corrected chi connectivity index (χ2v) is 4.99. The van der Waals surface area contributed by atoms with Crippen LogP contribution in [0.3, 0.4) is 0 Å². The van der Waals surface area contributed by atoms with E-state index in [2.05, 4.69) is 26.6 Å². The van der Waals surface area contributed by atoms with E-state index in [-0.39, 0.29) is 11.6 Å². The molecule has 0 aliphatic rings. The standard InChI is InChI=1S/C12H16BrN3O3/c1-8-6-9(13)10(7-11(8)16(18)19)15-12(17)4-3-5-14-2/h6-7,14H,3-5H2,1-2H3,(H,15,17). The summed E-state index contributed by atoms with van der Waals surface area (Å²) in [6.07, 6.45) is 1.09. The quantitative estimate of drug-likeness (QED) is 0.477. The second kappa shape index (κ2) is 7.20. The number of amides is 1. The Balaban J connectivity index is 2.80. The Morgan fingerprint density at radius 3 is 2.74 bits per heavy atom. The molecule has 1 amide bonds. The van der Waals surface area contributed by atoms with Gasteiger partial charge in [0.05, 0.1) is 10.6 Å². The minimum Gasteiger partial charge on any atom is -0.325 e. The molecule has 2 N–H and O–H groups in total. The molecule has 0 spiro atoms. The number of hydrogen-bond donors (Lipinski definition) is 2. The Bertz CT molecular complexity index is 491. The third-order valence-electron chi connectivity index (χ3n) is 2.59. The molecule has 0 unspecified atom stereocenters. The van der Waals surface area contributed by atoms with Crippen LogP contribution in [0.15, 0.2) is 16.6 Å². The van der Waals surface area contributed by atoms with Gasteiger partial charge in [-0.3, -0.25) is 14.9 Å². The zero-order valence-corrected chi connectivity index (χ0v) is 12.4. The van der Waals surface area contributed by atoms with Crippen LogP contribution in [0.2, 0.25) is 0 Å². The van der Waals surface area contributed by atoms with Gasteiger partial charge in [0.1, 0.15) is 0 Å². The largest absolute Gasteiger partial charge is 0.325 e. The van der Waals surface area contributed by atoms with Crippen LogP contribution in [0.5, 0.6) is 0 Å². The minimum absolute atomic E-state index is 0.00581. The third kappa shape index (κ3) is 4.60. The van der Waals surface area contributed by atoms with E-state index in [0.717, 1.165) is 6.54 Å². The number of carbonyl (C=O) groups is 1. The first-order valence-electron chi connectivity index (χ1n) is 5.84. The molecule has 0 radical (unpaired) electrons. The predicted octanol–water partition coefficient (Wildman–Crippen LogP) is 2.60. The van der Waals surface area contributed by atoms with Gasteiger partial charge in [0.15, 0.2) is 0 Å². The summed E-state index contributed by atoms with van der Waals surface area (Å²) in [4.78, 5) is 22.1. The lowest BCUT2D eigenvalue weighted by molar-refractivity contribution is -0.385. The zero-order valence-electron chi connectivity index (χ0n) is 10.8. The van der Waals surface area contributed by atoms with E-state index < -0.39 is 4.92 Å². The van der Waals surface area contributed by atoms with Crippen molar-refractivity contribution >= 4 is 33.2 Å². The average molecular weight is 330 g/mol. The first kappa shape index (κ1) is 15.6. The van der Waals surface area contributed by atoms with Crippen LogP contribution in [0.25, 0.3) is 0 Å². The second-order valence-electron chi connectivity index (χ2n) is 4.13. The summed E-state index contributed by atoms with van der Waals surface area (Å²) in [6, 6.07) is 3.00. The van der Waals surface area contributed by atoms with Crippen molar-refractivity contribution in [1.82, 2.24) is 5.32 Å². The number of hydrogen-bond acceptors (Lipinski definition) is 4. The molecule has 1 rings (SSSR count). The van der Waals surface area contributed by atoms with Crippen LogP contribution in [0.1, 0.15) is 18.4 Å². The molecule has 0 saturated carbocycles. The summed E-state index contributed by atoms with van der Waals surface area (Å²) in [5.41, 5.74) is 0.963. The van der Waals surface area contributed by atoms with E-state index in [4.69, 9.17) is 0 Å². The number of nitro benzene ring substituents is 1. The number of nitro groups is 1. The molecule has 0 aromatic heterocycles. The number of rotatable bonds is 6. The summed E-state index contributed by atoms with van der Waals surface area (Å²) < 4.78 is 0.637. The lowest BCUT2D eigenvalue weighted by Crippen LogP contribution is -2.15. The zero-order chi connectivity index (χ0) is 14.4. The first-order chi connectivity index (χ1) is 8.95. The molecule has 0 aliphatic heterocycles. The van der Waals surface area contributed by atoms with Crippen LogP contribution >= 0.6 is 15.9 Å². The number of halogens is 1. The fourth-order valence-corrected chi connectivity index (χ4v) is 2.15. The van der Waals surface area contributed by atoms with E-state index in [1.807, 2.05) is 7.05 Å². The molecule has 0 aliphatic carbocycles. The molecule has 1 aromatic rings. The van der Waals surface area contributed by atoms with Crippen LogP contribution in [-0.4, -0.2) is 24.4 Å². The van der Waals surface area contributed by atoms with Gasteiger partial charge >= 0.3 is 0 Å². The fraction of sp³-hybridized carbons (Fsp3) is 0.417. The number of aryl methyl sites for hydroxylation is 1. The van der Waals surface area contributed by atoms with Crippen molar-refractivity contribution in [2.75, 3.05) is 18.9 Å². The normalized spacial score (nSPS) is 10.3. The van der Waals surface area contributed by atoms with Crippen molar-refractivity contribution in [3.63, 3.8) is 0 Å². The Hall–Kier alpha value is -1.47. The molecular weight excluding hydrogens is 314 g/mol. The van der Waals surface area contributed by atoms with Gasteiger partial charge in [-0.05, 0) is 48.9 Å². The summed E-state index contributed by atoms with van der Waals surface area (Å²) in [7, 11) is 1.82. The molecule has 0 atom stereocenters. The van der Waals surface area contributed by atoms with Crippen LogP contribution in [0, 0.1) is 17.0 Å². The Kier molecular flexibility index (Phi) is 5.91. The van der Waals surface area contributed by atoms with Gasteiger partial charge in [-0.25, -0.2) is 0 Å². The first-order valence-corrected chi connectivity index (χ1v) is 6.64. The predicted molar refractivity (Wildman–Crippen MR) is 77.3 cm³/mol. The smallest absolute Gasteiger partial charge is 0.274 e. The average Bonchev–Trinajstić information content (AvgIpc) is 2.32. The highest BCUT2D eigenvalue weighted by molar-refractivity contribution is 9.10. The summed E-state index contributed by atoms with van der Waals surface area (Å²) >= 11 is 3.29. The molecule has 0 bridgehead atoms. The Morgan fingerprint density at radius 1 is 1.47 bits per heavy atom. The maximum absolute atomic E-state index is 11.7. The lowest BCUT2D eigenvalue weighted by Gasteiger charge is -2.08. The van der Waals surface area contributed by atoms with E-state index in [1.54, 1.807) is 13.0 Å². The number of carbonyl (C=O) groups excluding carboxylic acids is 1. The monoisotopic (exact) mass is 329 g/mol.